The van der Waals surface area contributed by atoms with E-state index < -0.39 is 22.0 Å². The SMILES string of the molecule is CC(C)(C)c1ccccc1OCC(O)CN1CCN(S(=O)(=O)c2ccc(C(N)=O)cc2)CC1. The lowest BCUT2D eigenvalue weighted by molar-refractivity contribution is 0.0563. The molecule has 33 heavy (non-hydrogen) atoms. The highest BCUT2D eigenvalue weighted by Gasteiger charge is 2.29. The van der Waals surface area contributed by atoms with Crippen molar-refractivity contribution in [1.82, 2.24) is 9.21 Å². The number of aliphatic hydroxyl groups excluding tert-OH is 1. The molecule has 0 aliphatic carbocycles. The first-order valence-electron chi connectivity index (χ1n) is 11.0. The number of sulfonamides is 1. The lowest BCUT2D eigenvalue weighted by Crippen LogP contribution is -2.50. The van der Waals surface area contributed by atoms with Crippen molar-refractivity contribution in [2.24, 2.45) is 5.73 Å². The molecule has 3 N–H and O–H groups in total. The Balaban J connectivity index is 1.51. The van der Waals surface area contributed by atoms with E-state index in [2.05, 4.69) is 20.8 Å². The number of amides is 1. The first kappa shape index (κ1) is 25.2. The van der Waals surface area contributed by atoms with Gasteiger partial charge in [0.05, 0.1) is 4.90 Å². The summed E-state index contributed by atoms with van der Waals surface area (Å²) in [6, 6.07) is 13.5. The van der Waals surface area contributed by atoms with Crippen molar-refractivity contribution in [1.29, 1.82) is 0 Å². The number of primary amides is 1. The molecule has 1 aliphatic rings. The Labute approximate surface area is 196 Å². The van der Waals surface area contributed by atoms with E-state index in [1.807, 2.05) is 29.2 Å². The van der Waals surface area contributed by atoms with Crippen molar-refractivity contribution in [2.45, 2.75) is 37.2 Å². The molecule has 1 fully saturated rings. The molecule has 0 aromatic heterocycles. The number of piperazine rings is 1. The first-order valence-corrected chi connectivity index (χ1v) is 12.5. The largest absolute Gasteiger partial charge is 0.491 e. The molecule has 1 heterocycles. The maximum Gasteiger partial charge on any atom is 0.248 e. The van der Waals surface area contributed by atoms with Gasteiger partial charge in [0.2, 0.25) is 15.9 Å². The number of hydrogen-bond donors (Lipinski definition) is 2. The van der Waals surface area contributed by atoms with E-state index in [1.165, 1.54) is 28.6 Å². The fourth-order valence-corrected chi connectivity index (χ4v) is 5.26. The van der Waals surface area contributed by atoms with Gasteiger partial charge in [-0.25, -0.2) is 8.42 Å². The van der Waals surface area contributed by atoms with Gasteiger partial charge >= 0.3 is 0 Å². The second-order valence-corrected chi connectivity index (χ2v) is 11.2. The molecule has 0 bridgehead atoms. The zero-order chi connectivity index (χ0) is 24.2. The molecule has 0 spiro atoms. The van der Waals surface area contributed by atoms with Crippen molar-refractivity contribution in [2.75, 3.05) is 39.3 Å². The lowest BCUT2D eigenvalue weighted by atomic mass is 9.86. The molecule has 1 saturated heterocycles. The van der Waals surface area contributed by atoms with Crippen LogP contribution in [-0.2, 0) is 15.4 Å². The minimum Gasteiger partial charge on any atom is -0.491 e. The fourth-order valence-electron chi connectivity index (χ4n) is 3.84. The van der Waals surface area contributed by atoms with Crippen LogP contribution in [0.5, 0.6) is 5.75 Å². The highest BCUT2D eigenvalue weighted by Crippen LogP contribution is 2.31. The summed E-state index contributed by atoms with van der Waals surface area (Å²) in [6.07, 6.45) is -0.692. The van der Waals surface area contributed by atoms with Crippen LogP contribution in [0.2, 0.25) is 0 Å². The molecule has 0 saturated carbocycles. The molecule has 2 aromatic rings. The molecule has 8 nitrogen and oxygen atoms in total. The van der Waals surface area contributed by atoms with Crippen molar-refractivity contribution in [3.63, 3.8) is 0 Å². The van der Waals surface area contributed by atoms with Gasteiger partial charge in [-0.3, -0.25) is 9.69 Å². The van der Waals surface area contributed by atoms with Gasteiger partial charge in [-0.2, -0.15) is 4.31 Å². The second-order valence-electron chi connectivity index (χ2n) is 9.30. The number of carbonyl (C=O) groups excluding carboxylic acids is 1. The number of para-hydroxylation sites is 1. The second kappa shape index (κ2) is 10.2. The molecule has 3 rings (SSSR count). The molecule has 9 heteroatoms. The lowest BCUT2D eigenvalue weighted by Gasteiger charge is -2.35. The molecule has 1 amide bonds. The summed E-state index contributed by atoms with van der Waals surface area (Å²) in [5, 5.41) is 10.5. The van der Waals surface area contributed by atoms with Crippen LogP contribution in [0, 0.1) is 0 Å². The van der Waals surface area contributed by atoms with Gasteiger partial charge in [0.15, 0.2) is 0 Å². The standard InChI is InChI=1S/C24H33N3O5S/c1-24(2,3)21-6-4-5-7-22(21)32-17-19(28)16-26-12-14-27(15-13-26)33(30,31)20-10-8-18(9-11-20)23(25)29/h4-11,19,28H,12-17H2,1-3H3,(H2,25,29). The number of hydrogen-bond acceptors (Lipinski definition) is 6. The first-order chi connectivity index (χ1) is 15.5. The minimum absolute atomic E-state index is 0.0659. The van der Waals surface area contributed by atoms with Gasteiger partial charge in [-0.15, -0.1) is 0 Å². The van der Waals surface area contributed by atoms with E-state index in [0.717, 1.165) is 11.3 Å². The highest BCUT2D eigenvalue weighted by molar-refractivity contribution is 7.89. The zero-order valence-electron chi connectivity index (χ0n) is 19.4. The number of aliphatic hydroxyl groups is 1. The summed E-state index contributed by atoms with van der Waals surface area (Å²) in [7, 11) is -3.65. The predicted octanol–water partition coefficient (Wildman–Crippen LogP) is 1.83. The summed E-state index contributed by atoms with van der Waals surface area (Å²) >= 11 is 0. The molecular weight excluding hydrogens is 442 g/mol. The Hall–Kier alpha value is -2.46. The topological polar surface area (TPSA) is 113 Å². The summed E-state index contributed by atoms with van der Waals surface area (Å²) in [5.74, 6) is 0.166. The monoisotopic (exact) mass is 475 g/mol. The van der Waals surface area contributed by atoms with Crippen LogP contribution in [0.1, 0.15) is 36.7 Å². The van der Waals surface area contributed by atoms with Gasteiger partial charge in [-0.1, -0.05) is 39.0 Å². The highest BCUT2D eigenvalue weighted by atomic mass is 32.2. The van der Waals surface area contributed by atoms with E-state index in [9.17, 15) is 18.3 Å². The molecule has 2 aromatic carbocycles. The number of rotatable bonds is 8. The maximum absolute atomic E-state index is 12.9. The molecule has 0 radical (unpaired) electrons. The Morgan fingerprint density at radius 2 is 1.67 bits per heavy atom. The third-order valence-electron chi connectivity index (χ3n) is 5.70. The van der Waals surface area contributed by atoms with Gasteiger partial charge in [0.25, 0.3) is 0 Å². The molecule has 1 unspecified atom stereocenters. The average Bonchev–Trinajstić information content (AvgIpc) is 2.77. The van der Waals surface area contributed by atoms with Crippen molar-refractivity contribution >= 4 is 15.9 Å². The number of ether oxygens (including phenoxy) is 1. The van der Waals surface area contributed by atoms with Gasteiger partial charge in [-0.05, 0) is 41.3 Å². The maximum atomic E-state index is 12.9. The van der Waals surface area contributed by atoms with Crippen LogP contribution in [0.25, 0.3) is 0 Å². The van der Waals surface area contributed by atoms with Gasteiger partial charge in [0, 0.05) is 38.3 Å². The third-order valence-corrected chi connectivity index (χ3v) is 7.62. The van der Waals surface area contributed by atoms with Crippen LogP contribution >= 0.6 is 0 Å². The summed E-state index contributed by atoms with van der Waals surface area (Å²) < 4.78 is 33.1. The third kappa shape index (κ3) is 6.32. The quantitative estimate of drug-likeness (QED) is 0.602. The van der Waals surface area contributed by atoms with E-state index >= 15 is 0 Å². The Morgan fingerprint density at radius 1 is 1.06 bits per heavy atom. The fraction of sp³-hybridized carbons (Fsp3) is 0.458. The number of nitrogens with zero attached hydrogens (tertiary/aromatic N) is 2. The predicted molar refractivity (Wildman–Crippen MR) is 127 cm³/mol. The number of carbonyl (C=O) groups is 1. The molecular formula is C24H33N3O5S. The van der Waals surface area contributed by atoms with Crippen LogP contribution in [0.4, 0.5) is 0 Å². The smallest absolute Gasteiger partial charge is 0.248 e. The summed E-state index contributed by atoms with van der Waals surface area (Å²) in [5.41, 5.74) is 6.50. The Morgan fingerprint density at radius 3 is 2.24 bits per heavy atom. The van der Waals surface area contributed by atoms with Crippen molar-refractivity contribution < 1.29 is 23.1 Å². The number of β-amino-alcohol motifs (C(OH)–C–C–N with tert-alkyl or cyclic N) is 1. The van der Waals surface area contributed by atoms with E-state index in [-0.39, 0.29) is 22.5 Å². The van der Waals surface area contributed by atoms with Gasteiger partial charge in [0.1, 0.15) is 18.5 Å². The molecule has 1 aliphatic heterocycles. The van der Waals surface area contributed by atoms with Crippen LogP contribution < -0.4 is 10.5 Å². The average molecular weight is 476 g/mol. The van der Waals surface area contributed by atoms with Crippen LogP contribution in [0.3, 0.4) is 0 Å². The summed E-state index contributed by atoms with van der Waals surface area (Å²) in [4.78, 5) is 13.4. The van der Waals surface area contributed by atoms with Crippen LogP contribution in [0.15, 0.2) is 53.4 Å². The molecule has 180 valence electrons. The Kier molecular flexibility index (Phi) is 7.79. The van der Waals surface area contributed by atoms with E-state index in [1.54, 1.807) is 0 Å². The molecule has 1 atom stereocenters. The van der Waals surface area contributed by atoms with Crippen LogP contribution in [-0.4, -0.2) is 74.1 Å². The minimum atomic E-state index is -3.65. The normalized spacial score (nSPS) is 17.0. The zero-order valence-corrected chi connectivity index (χ0v) is 20.2. The Bertz CT molecular complexity index is 1060. The van der Waals surface area contributed by atoms with E-state index in [4.69, 9.17) is 10.5 Å². The van der Waals surface area contributed by atoms with E-state index in [0.29, 0.717) is 32.7 Å². The van der Waals surface area contributed by atoms with Gasteiger partial charge < -0.3 is 15.6 Å². The van der Waals surface area contributed by atoms with Crippen molar-refractivity contribution in [3.8, 4) is 5.75 Å². The summed E-state index contributed by atoms with van der Waals surface area (Å²) in [6.45, 7) is 8.57. The van der Waals surface area contributed by atoms with Crippen molar-refractivity contribution in [3.05, 3.63) is 59.7 Å². The number of benzene rings is 2. The number of nitrogens with two attached hydrogens (primary N) is 1.